The van der Waals surface area contributed by atoms with Gasteiger partial charge < -0.3 is 5.32 Å². The Morgan fingerprint density at radius 2 is 1.13 bits per heavy atom. The first-order valence-electron chi connectivity index (χ1n) is 14.6. The molecule has 3 aromatic carbocycles. The molecule has 210 valence electrons. The Bertz CT molecular complexity index is 1260. The molecule has 0 saturated heterocycles. The third-order valence-corrected chi connectivity index (χ3v) is 8.67. The summed E-state index contributed by atoms with van der Waals surface area (Å²) >= 11 is 0. The zero-order valence-corrected chi connectivity index (χ0v) is 27.8. The minimum Gasteiger partial charge on any atom is -0.355 e. The van der Waals surface area contributed by atoms with E-state index in [2.05, 4.69) is 156 Å². The number of benzene rings is 3. The summed E-state index contributed by atoms with van der Waals surface area (Å²) in [6.45, 7) is 30.2. The van der Waals surface area contributed by atoms with E-state index >= 15 is 0 Å². The smallest absolute Gasteiger partial charge is 0.0461 e. The molecule has 0 bridgehead atoms. The van der Waals surface area contributed by atoms with Crippen molar-refractivity contribution in [1.82, 2.24) is 0 Å². The number of para-hydroxylation sites is 2. The van der Waals surface area contributed by atoms with Gasteiger partial charge in [-0.15, -0.1) is 0 Å². The van der Waals surface area contributed by atoms with Gasteiger partial charge in [0.1, 0.15) is 0 Å². The first kappa shape index (κ1) is 31.2. The van der Waals surface area contributed by atoms with Crippen molar-refractivity contribution in [3.05, 3.63) is 88.0 Å². The van der Waals surface area contributed by atoms with Gasteiger partial charge in [-0.2, -0.15) is 0 Å². The van der Waals surface area contributed by atoms with E-state index in [9.17, 15) is 0 Å². The van der Waals surface area contributed by atoms with Crippen LogP contribution in [0.1, 0.15) is 135 Å². The molecule has 0 aliphatic rings. The van der Waals surface area contributed by atoms with Gasteiger partial charge in [0, 0.05) is 22.2 Å². The Kier molecular flexibility index (Phi) is 9.29. The zero-order chi connectivity index (χ0) is 29.3. The Balaban J connectivity index is 2.20. The minimum absolute atomic E-state index is 0.0531. The number of anilines is 2. The van der Waals surface area contributed by atoms with Gasteiger partial charge in [-0.3, -0.25) is 0 Å². The molecule has 0 fully saturated rings. The highest BCUT2D eigenvalue weighted by Crippen LogP contribution is 2.37. The topological polar surface area (TPSA) is 12.0 Å². The lowest BCUT2D eigenvalue weighted by Gasteiger charge is -2.32. The van der Waals surface area contributed by atoms with Crippen molar-refractivity contribution < 1.29 is 0 Å². The maximum Gasteiger partial charge on any atom is 0.0461 e. The fourth-order valence-corrected chi connectivity index (χ4v) is 6.61. The summed E-state index contributed by atoms with van der Waals surface area (Å²) in [7, 11) is 1.23. The highest BCUT2D eigenvalue weighted by Gasteiger charge is 2.28. The molecule has 3 aromatic rings. The fourth-order valence-electron chi connectivity index (χ4n) is 5.04. The van der Waals surface area contributed by atoms with E-state index in [1.807, 2.05) is 0 Å². The van der Waals surface area contributed by atoms with Crippen LogP contribution in [0.3, 0.4) is 0 Å². The van der Waals surface area contributed by atoms with Gasteiger partial charge in [0.25, 0.3) is 0 Å². The highest BCUT2D eigenvalue weighted by atomic mass is 31.1. The highest BCUT2D eigenvalue weighted by molar-refractivity contribution is 7.48. The zero-order valence-electron chi connectivity index (χ0n) is 26.9. The SMILES string of the molecule is CC(C)c1cccc(C(C)C)c1Nc1ccccc1C=Pc1c(C(C)(C)C)cc(C(C)(C)C)cc1C(C)(C)C. The third kappa shape index (κ3) is 7.43. The predicted octanol–water partition coefficient (Wildman–Crippen LogP) is 11.0. The number of rotatable bonds is 6. The lowest BCUT2D eigenvalue weighted by Crippen LogP contribution is -2.29. The Morgan fingerprint density at radius 1 is 0.641 bits per heavy atom. The van der Waals surface area contributed by atoms with Crippen LogP contribution < -0.4 is 10.6 Å². The molecule has 0 aliphatic heterocycles. The average molecular weight is 542 g/mol. The van der Waals surface area contributed by atoms with Gasteiger partial charge >= 0.3 is 0 Å². The lowest BCUT2D eigenvalue weighted by atomic mass is 9.75. The monoisotopic (exact) mass is 541 g/mol. The molecule has 0 spiro atoms. The number of hydrogen-bond donors (Lipinski definition) is 1. The van der Waals surface area contributed by atoms with Crippen LogP contribution in [0.4, 0.5) is 11.4 Å². The van der Waals surface area contributed by atoms with Crippen LogP contribution in [0.2, 0.25) is 0 Å². The summed E-state index contributed by atoms with van der Waals surface area (Å²) in [6, 6.07) is 20.5. The fraction of sp³-hybridized carbons (Fsp3) is 0.486. The first-order chi connectivity index (χ1) is 17.9. The summed E-state index contributed by atoms with van der Waals surface area (Å²) in [5.41, 5.74) is 11.0. The van der Waals surface area contributed by atoms with Gasteiger partial charge in [-0.25, -0.2) is 0 Å². The van der Waals surface area contributed by atoms with Crippen molar-refractivity contribution in [3.63, 3.8) is 0 Å². The van der Waals surface area contributed by atoms with Gasteiger partial charge in [0.15, 0.2) is 0 Å². The van der Waals surface area contributed by atoms with Crippen LogP contribution in [0.25, 0.3) is 0 Å². The molecule has 0 radical (unpaired) electrons. The predicted molar refractivity (Wildman–Crippen MR) is 179 cm³/mol. The standard InChI is InChI=1S/C37H52NP/c1-24(2)28-18-16-19-29(25(3)4)33(28)38-32-20-15-14-17-26(32)23-39-34-30(36(8,9)10)21-27(35(5,6)7)22-31(34)37(11,12)13/h14-25,38H,1-13H3. The Morgan fingerprint density at radius 3 is 1.56 bits per heavy atom. The molecule has 0 amide bonds. The second-order valence-electron chi connectivity index (χ2n) is 14.8. The molecule has 2 heteroatoms. The first-order valence-corrected chi connectivity index (χ1v) is 15.6. The van der Waals surface area contributed by atoms with Crippen molar-refractivity contribution in [2.75, 3.05) is 5.32 Å². The van der Waals surface area contributed by atoms with E-state index < -0.39 is 0 Å². The Hall–Kier alpha value is -2.37. The summed E-state index contributed by atoms with van der Waals surface area (Å²) in [5, 5.41) is 5.34. The van der Waals surface area contributed by atoms with Crippen LogP contribution in [0.5, 0.6) is 0 Å². The van der Waals surface area contributed by atoms with Crippen LogP contribution in [-0.2, 0) is 16.2 Å². The molecule has 1 N–H and O–H groups in total. The van der Waals surface area contributed by atoms with E-state index in [4.69, 9.17) is 0 Å². The van der Waals surface area contributed by atoms with Crippen LogP contribution in [-0.4, -0.2) is 5.80 Å². The van der Waals surface area contributed by atoms with Crippen LogP contribution in [0.15, 0.2) is 54.6 Å². The Labute approximate surface area is 241 Å². The summed E-state index contributed by atoms with van der Waals surface area (Å²) in [5.74, 6) is 3.31. The maximum absolute atomic E-state index is 3.89. The van der Waals surface area contributed by atoms with Crippen molar-refractivity contribution in [2.45, 2.75) is 118 Å². The second kappa shape index (κ2) is 11.6. The van der Waals surface area contributed by atoms with Crippen molar-refractivity contribution in [1.29, 1.82) is 0 Å². The van der Waals surface area contributed by atoms with E-state index in [0.29, 0.717) is 11.8 Å². The number of hydrogen-bond acceptors (Lipinski definition) is 1. The van der Waals surface area contributed by atoms with E-state index in [-0.39, 0.29) is 16.2 Å². The van der Waals surface area contributed by atoms with Gasteiger partial charge in [-0.1, -0.05) is 147 Å². The van der Waals surface area contributed by atoms with Crippen molar-refractivity contribution in [2.24, 2.45) is 0 Å². The summed E-state index contributed by atoms with van der Waals surface area (Å²) in [4.78, 5) is 0. The van der Waals surface area contributed by atoms with Gasteiger partial charge in [-0.05, 0) is 67.8 Å². The molecule has 0 saturated carbocycles. The second-order valence-corrected chi connectivity index (χ2v) is 15.7. The molecule has 0 unspecified atom stereocenters. The summed E-state index contributed by atoms with van der Waals surface area (Å²) < 4.78 is 0. The molecule has 0 atom stereocenters. The minimum atomic E-state index is 0.0531. The molecule has 39 heavy (non-hydrogen) atoms. The molecular formula is C37H52NP. The molecule has 0 aromatic heterocycles. The largest absolute Gasteiger partial charge is 0.355 e. The van der Waals surface area contributed by atoms with Crippen molar-refractivity contribution >= 4 is 30.7 Å². The van der Waals surface area contributed by atoms with E-state index in [0.717, 1.165) is 0 Å². The van der Waals surface area contributed by atoms with Crippen LogP contribution in [0, 0.1) is 0 Å². The number of nitrogens with one attached hydrogen (secondary N) is 1. The van der Waals surface area contributed by atoms with Gasteiger partial charge in [0.2, 0.25) is 0 Å². The molecular weight excluding hydrogens is 489 g/mol. The molecule has 0 heterocycles. The molecule has 0 aliphatic carbocycles. The van der Waals surface area contributed by atoms with Crippen LogP contribution >= 0.6 is 8.20 Å². The third-order valence-electron chi connectivity index (χ3n) is 7.52. The quantitative estimate of drug-likeness (QED) is 0.306. The maximum atomic E-state index is 3.89. The average Bonchev–Trinajstić information content (AvgIpc) is 2.81. The van der Waals surface area contributed by atoms with Gasteiger partial charge in [0.05, 0.1) is 0 Å². The molecule has 1 nitrogen and oxygen atoms in total. The van der Waals surface area contributed by atoms with Crippen molar-refractivity contribution in [3.8, 4) is 0 Å². The summed E-state index contributed by atoms with van der Waals surface area (Å²) in [6.07, 6.45) is 0. The lowest BCUT2D eigenvalue weighted by molar-refractivity contribution is 0.554. The molecule has 3 rings (SSSR count). The van der Waals surface area contributed by atoms with E-state index in [1.54, 1.807) is 0 Å². The van der Waals surface area contributed by atoms with E-state index in [1.165, 1.54) is 58.3 Å². The normalized spacial score (nSPS) is 13.1.